The van der Waals surface area contributed by atoms with Gasteiger partial charge in [-0.1, -0.05) is 17.7 Å². The van der Waals surface area contributed by atoms with Gasteiger partial charge in [-0.25, -0.2) is 18.1 Å². The third-order valence-corrected chi connectivity index (χ3v) is 5.42. The van der Waals surface area contributed by atoms with Crippen LogP contribution in [-0.2, 0) is 23.0 Å². The summed E-state index contributed by atoms with van der Waals surface area (Å²) in [4.78, 5) is 4.15. The van der Waals surface area contributed by atoms with Crippen LogP contribution in [0.3, 0.4) is 0 Å². The first-order valence-electron chi connectivity index (χ1n) is 5.89. The molecular formula is C12H14ClN3O2S2. The monoisotopic (exact) mass is 331 g/mol. The molecule has 1 aromatic heterocycles. The Kier molecular flexibility index (Phi) is 5.11. The molecule has 1 heterocycles. The first-order valence-corrected chi connectivity index (χ1v) is 8.63. The fraction of sp³-hybridized carbons (Fsp3) is 0.250. The lowest BCUT2D eigenvalue weighted by Crippen LogP contribution is -2.26. The average molecular weight is 332 g/mol. The van der Waals surface area contributed by atoms with Crippen LogP contribution >= 0.6 is 22.9 Å². The third-order valence-electron chi connectivity index (χ3n) is 2.64. The molecule has 0 bridgehead atoms. The Hall–Kier alpha value is -0.990. The minimum Gasteiger partial charge on any atom is -0.326 e. The quantitative estimate of drug-likeness (QED) is 0.845. The van der Waals surface area contributed by atoms with Crippen LogP contribution in [0.2, 0.25) is 5.02 Å². The second kappa shape index (κ2) is 6.64. The van der Waals surface area contributed by atoms with Gasteiger partial charge in [-0.3, -0.25) is 0 Å². The summed E-state index contributed by atoms with van der Waals surface area (Å²) in [7, 11) is -3.64. The molecule has 0 saturated heterocycles. The van der Waals surface area contributed by atoms with Crippen LogP contribution in [0, 0.1) is 0 Å². The van der Waals surface area contributed by atoms with Crippen molar-refractivity contribution in [3.8, 4) is 0 Å². The second-order valence-electron chi connectivity index (χ2n) is 4.04. The van der Waals surface area contributed by atoms with Crippen molar-refractivity contribution >= 4 is 33.0 Å². The van der Waals surface area contributed by atoms with Gasteiger partial charge in [0.15, 0.2) is 0 Å². The topological polar surface area (TPSA) is 85.1 Å². The van der Waals surface area contributed by atoms with Crippen molar-refractivity contribution < 1.29 is 8.42 Å². The Balaban J connectivity index is 2.09. The highest BCUT2D eigenvalue weighted by Gasteiger charge is 2.18. The van der Waals surface area contributed by atoms with Gasteiger partial charge < -0.3 is 5.73 Å². The number of nitrogens with two attached hydrogens (primary N) is 1. The molecule has 0 spiro atoms. The molecule has 5 nitrogen and oxygen atoms in total. The van der Waals surface area contributed by atoms with E-state index in [9.17, 15) is 8.42 Å². The van der Waals surface area contributed by atoms with Gasteiger partial charge >= 0.3 is 0 Å². The number of nitrogens with one attached hydrogen (secondary N) is 1. The van der Waals surface area contributed by atoms with E-state index in [1.807, 2.05) is 5.38 Å². The summed E-state index contributed by atoms with van der Waals surface area (Å²) in [6.07, 6.45) is 2.24. The van der Waals surface area contributed by atoms with Gasteiger partial charge in [0.2, 0.25) is 10.0 Å². The minimum absolute atomic E-state index is 0.0567. The van der Waals surface area contributed by atoms with Gasteiger partial charge in [-0.15, -0.1) is 11.3 Å². The maximum atomic E-state index is 12.2. The van der Waals surface area contributed by atoms with Gasteiger partial charge in [0.25, 0.3) is 0 Å². The summed E-state index contributed by atoms with van der Waals surface area (Å²) in [5, 5.41) is 2.92. The number of sulfonamides is 1. The fourth-order valence-corrected chi connectivity index (χ4v) is 3.83. The molecule has 0 aliphatic rings. The first kappa shape index (κ1) is 15.4. The average Bonchev–Trinajstić information content (AvgIpc) is 2.92. The normalized spacial score (nSPS) is 11.7. The number of halogens is 1. The highest BCUT2D eigenvalue weighted by molar-refractivity contribution is 7.89. The van der Waals surface area contributed by atoms with Crippen LogP contribution in [0.15, 0.2) is 34.7 Å². The number of thiazole rings is 1. The summed E-state index contributed by atoms with van der Waals surface area (Å²) < 4.78 is 26.9. The smallest absolute Gasteiger partial charge is 0.242 e. The number of aromatic nitrogens is 1. The van der Waals surface area contributed by atoms with Crippen molar-refractivity contribution in [3.63, 3.8) is 0 Å². The van der Waals surface area contributed by atoms with Gasteiger partial charge in [0.05, 0.1) is 10.0 Å². The molecule has 0 unspecified atom stereocenters. The van der Waals surface area contributed by atoms with E-state index in [-0.39, 0.29) is 23.0 Å². The Morgan fingerprint density at radius 3 is 2.85 bits per heavy atom. The lowest BCUT2D eigenvalue weighted by molar-refractivity contribution is 0.581. The van der Waals surface area contributed by atoms with Gasteiger partial charge in [-0.05, 0) is 17.7 Å². The van der Waals surface area contributed by atoms with Crippen molar-refractivity contribution in [2.24, 2.45) is 5.73 Å². The number of hydrogen-bond acceptors (Lipinski definition) is 5. The molecule has 0 fully saturated rings. The van der Waals surface area contributed by atoms with E-state index in [4.69, 9.17) is 17.3 Å². The molecule has 20 heavy (non-hydrogen) atoms. The van der Waals surface area contributed by atoms with E-state index >= 15 is 0 Å². The summed E-state index contributed by atoms with van der Waals surface area (Å²) in [5.74, 6) is 0. The van der Waals surface area contributed by atoms with Crippen molar-refractivity contribution in [3.05, 3.63) is 45.4 Å². The number of nitrogens with zero attached hydrogens (tertiary/aromatic N) is 1. The predicted octanol–water partition coefficient (Wildman–Crippen LogP) is 1.78. The van der Waals surface area contributed by atoms with Crippen LogP contribution in [0.1, 0.15) is 10.6 Å². The highest BCUT2D eigenvalue weighted by Crippen LogP contribution is 2.22. The van der Waals surface area contributed by atoms with E-state index in [1.165, 1.54) is 17.4 Å². The van der Waals surface area contributed by atoms with Crippen molar-refractivity contribution in [1.29, 1.82) is 0 Å². The SMILES string of the molecule is NCc1ccc(Cl)c(S(=O)(=O)NCCc2nccs2)c1. The van der Waals surface area contributed by atoms with Crippen molar-refractivity contribution in [1.82, 2.24) is 9.71 Å². The van der Waals surface area contributed by atoms with Crippen LogP contribution in [0.4, 0.5) is 0 Å². The number of rotatable bonds is 6. The third kappa shape index (κ3) is 3.77. The van der Waals surface area contributed by atoms with E-state index in [2.05, 4.69) is 9.71 Å². The number of benzene rings is 1. The van der Waals surface area contributed by atoms with Gasteiger partial charge in [0, 0.05) is 31.1 Å². The van der Waals surface area contributed by atoms with E-state index in [0.717, 1.165) is 10.6 Å². The van der Waals surface area contributed by atoms with E-state index in [1.54, 1.807) is 18.3 Å². The summed E-state index contributed by atoms with van der Waals surface area (Å²) in [6.45, 7) is 0.540. The molecule has 108 valence electrons. The van der Waals surface area contributed by atoms with Crippen LogP contribution in [0.25, 0.3) is 0 Å². The zero-order chi connectivity index (χ0) is 14.6. The largest absolute Gasteiger partial charge is 0.326 e. The summed E-state index contributed by atoms with van der Waals surface area (Å²) in [6, 6.07) is 4.74. The zero-order valence-electron chi connectivity index (χ0n) is 10.5. The predicted molar refractivity (Wildman–Crippen MR) is 80.3 cm³/mol. The molecule has 0 atom stereocenters. The molecule has 3 N–H and O–H groups in total. The van der Waals surface area contributed by atoms with Crippen LogP contribution in [0.5, 0.6) is 0 Å². The highest BCUT2D eigenvalue weighted by atomic mass is 35.5. The van der Waals surface area contributed by atoms with Crippen molar-refractivity contribution in [2.75, 3.05) is 6.54 Å². The molecular weight excluding hydrogens is 318 g/mol. The standard InChI is InChI=1S/C12H14ClN3O2S2/c13-10-2-1-9(8-14)7-11(10)20(17,18)16-4-3-12-15-5-6-19-12/h1-2,5-7,16H,3-4,8,14H2. The summed E-state index contributed by atoms with van der Waals surface area (Å²) in [5.41, 5.74) is 6.23. The second-order valence-corrected chi connectivity index (χ2v) is 7.16. The molecule has 0 aliphatic heterocycles. The molecule has 0 amide bonds. The first-order chi connectivity index (χ1) is 9.53. The van der Waals surface area contributed by atoms with E-state index in [0.29, 0.717) is 6.42 Å². The van der Waals surface area contributed by atoms with Crippen molar-refractivity contribution in [2.45, 2.75) is 17.9 Å². The Labute approximate surface area is 126 Å². The number of hydrogen-bond donors (Lipinski definition) is 2. The lowest BCUT2D eigenvalue weighted by atomic mass is 10.2. The molecule has 0 aliphatic carbocycles. The molecule has 0 saturated carbocycles. The van der Waals surface area contributed by atoms with Gasteiger partial charge in [-0.2, -0.15) is 0 Å². The zero-order valence-corrected chi connectivity index (χ0v) is 12.9. The molecule has 1 aromatic carbocycles. The fourth-order valence-electron chi connectivity index (χ4n) is 1.63. The molecule has 8 heteroatoms. The Bertz CT molecular complexity index is 672. The molecule has 0 radical (unpaired) electrons. The maximum Gasteiger partial charge on any atom is 0.242 e. The lowest BCUT2D eigenvalue weighted by Gasteiger charge is -2.09. The molecule has 2 aromatic rings. The molecule has 2 rings (SSSR count). The van der Waals surface area contributed by atoms with Crippen LogP contribution in [-0.4, -0.2) is 19.9 Å². The summed E-state index contributed by atoms with van der Waals surface area (Å²) >= 11 is 7.44. The Morgan fingerprint density at radius 1 is 1.40 bits per heavy atom. The van der Waals surface area contributed by atoms with Crippen LogP contribution < -0.4 is 10.5 Å². The Morgan fingerprint density at radius 2 is 2.20 bits per heavy atom. The minimum atomic E-state index is -3.64. The van der Waals surface area contributed by atoms with Gasteiger partial charge in [0.1, 0.15) is 4.90 Å². The van der Waals surface area contributed by atoms with E-state index < -0.39 is 10.0 Å². The maximum absolute atomic E-state index is 12.2.